The van der Waals surface area contributed by atoms with E-state index in [2.05, 4.69) is 16.0 Å². The van der Waals surface area contributed by atoms with E-state index in [1.54, 1.807) is 12.1 Å². The summed E-state index contributed by atoms with van der Waals surface area (Å²) in [5, 5.41) is 18.6. The number of nitro groups is 1. The number of carbonyl (C=O) groups is 3. The molecule has 2 aromatic rings. The van der Waals surface area contributed by atoms with Crippen molar-refractivity contribution in [1.29, 1.82) is 0 Å². The minimum Gasteiger partial charge on any atom is -0.379 e. The van der Waals surface area contributed by atoms with Crippen LogP contribution in [-0.2, 0) is 22.3 Å². The second-order valence-corrected chi connectivity index (χ2v) is 6.79. The van der Waals surface area contributed by atoms with Crippen molar-refractivity contribution < 1.29 is 32.5 Å². The van der Waals surface area contributed by atoms with Crippen molar-refractivity contribution in [2.45, 2.75) is 19.1 Å². The second-order valence-electron chi connectivity index (χ2n) is 6.79. The number of carbonyl (C=O) groups excluding carboxylic acids is 3. The smallest absolute Gasteiger partial charge is 0.379 e. The molecule has 0 aliphatic carbocycles. The molecule has 0 aromatic heterocycles. The van der Waals surface area contributed by atoms with Gasteiger partial charge in [-0.3, -0.25) is 24.5 Å². The van der Waals surface area contributed by atoms with Crippen LogP contribution in [0.4, 0.5) is 24.5 Å². The number of nitro benzene ring substituents is 1. The SMILES string of the molecule is NC(=O)CNC(=O)c1ccc(CNC(=O)CCNc2ccc(C(F)(F)F)cc2[N+](=O)[O-])cc1. The Morgan fingerprint density at radius 3 is 2.27 bits per heavy atom. The van der Waals surface area contributed by atoms with Crippen LogP contribution in [0.15, 0.2) is 42.5 Å². The molecular formula is C20H20F3N5O5. The molecule has 33 heavy (non-hydrogen) atoms. The molecule has 0 bridgehead atoms. The number of nitrogens with zero attached hydrogens (tertiary/aromatic N) is 1. The molecule has 0 aliphatic rings. The summed E-state index contributed by atoms with van der Waals surface area (Å²) in [4.78, 5) is 44.6. The van der Waals surface area contributed by atoms with Crippen LogP contribution in [0.5, 0.6) is 0 Å². The quantitative estimate of drug-likeness (QED) is 0.309. The molecule has 2 aromatic carbocycles. The Morgan fingerprint density at radius 2 is 1.70 bits per heavy atom. The first-order chi connectivity index (χ1) is 15.5. The van der Waals surface area contributed by atoms with E-state index in [1.165, 1.54) is 12.1 Å². The van der Waals surface area contributed by atoms with Gasteiger partial charge < -0.3 is 21.7 Å². The predicted molar refractivity (Wildman–Crippen MR) is 111 cm³/mol. The summed E-state index contributed by atoms with van der Waals surface area (Å²) in [5.41, 5.74) is 3.91. The van der Waals surface area contributed by atoms with E-state index < -0.39 is 40.1 Å². The number of anilines is 1. The van der Waals surface area contributed by atoms with Crippen LogP contribution in [0.25, 0.3) is 0 Å². The van der Waals surface area contributed by atoms with Crippen LogP contribution in [0.1, 0.15) is 27.9 Å². The third-order valence-electron chi connectivity index (χ3n) is 4.32. The lowest BCUT2D eigenvalue weighted by Crippen LogP contribution is -2.33. The van der Waals surface area contributed by atoms with Gasteiger partial charge in [0, 0.05) is 31.1 Å². The highest BCUT2D eigenvalue weighted by atomic mass is 19.4. The van der Waals surface area contributed by atoms with Crippen molar-refractivity contribution in [3.05, 3.63) is 69.3 Å². The van der Waals surface area contributed by atoms with Gasteiger partial charge in [0.1, 0.15) is 5.69 Å². The van der Waals surface area contributed by atoms with Crippen LogP contribution < -0.4 is 21.7 Å². The molecule has 0 unspecified atom stereocenters. The van der Waals surface area contributed by atoms with Gasteiger partial charge >= 0.3 is 6.18 Å². The molecule has 0 radical (unpaired) electrons. The molecule has 0 spiro atoms. The molecule has 10 nitrogen and oxygen atoms in total. The van der Waals surface area contributed by atoms with Crippen molar-refractivity contribution in [3.63, 3.8) is 0 Å². The normalized spacial score (nSPS) is 10.9. The Hall–Kier alpha value is -4.16. The maximum absolute atomic E-state index is 12.7. The first kappa shape index (κ1) is 25.1. The number of benzene rings is 2. The largest absolute Gasteiger partial charge is 0.416 e. The molecule has 5 N–H and O–H groups in total. The van der Waals surface area contributed by atoms with E-state index in [4.69, 9.17) is 5.73 Å². The highest BCUT2D eigenvalue weighted by Gasteiger charge is 2.33. The van der Waals surface area contributed by atoms with E-state index in [0.29, 0.717) is 23.3 Å². The fourth-order valence-electron chi connectivity index (χ4n) is 2.65. The maximum Gasteiger partial charge on any atom is 0.416 e. The lowest BCUT2D eigenvalue weighted by Gasteiger charge is -2.11. The van der Waals surface area contributed by atoms with Gasteiger partial charge in [0.2, 0.25) is 11.8 Å². The molecule has 0 heterocycles. The van der Waals surface area contributed by atoms with Crippen molar-refractivity contribution in [1.82, 2.24) is 10.6 Å². The van der Waals surface area contributed by atoms with Crippen LogP contribution in [0.3, 0.4) is 0 Å². The van der Waals surface area contributed by atoms with Crippen LogP contribution in [-0.4, -0.2) is 35.7 Å². The van der Waals surface area contributed by atoms with Gasteiger partial charge in [0.15, 0.2) is 0 Å². The molecule has 176 valence electrons. The maximum atomic E-state index is 12.7. The first-order valence-electron chi connectivity index (χ1n) is 9.49. The summed E-state index contributed by atoms with van der Waals surface area (Å²) in [6.45, 7) is -0.195. The number of halogens is 3. The molecular weight excluding hydrogens is 447 g/mol. The molecule has 0 saturated heterocycles. The Kier molecular flexibility index (Phi) is 8.31. The fraction of sp³-hybridized carbons (Fsp3) is 0.250. The first-order valence-corrected chi connectivity index (χ1v) is 9.49. The number of hydrogen-bond acceptors (Lipinski definition) is 6. The second kappa shape index (κ2) is 10.9. The number of alkyl halides is 3. The molecule has 0 fully saturated rings. The average molecular weight is 467 g/mol. The van der Waals surface area contributed by atoms with Gasteiger partial charge in [-0.2, -0.15) is 13.2 Å². The van der Waals surface area contributed by atoms with E-state index in [9.17, 15) is 37.7 Å². The number of rotatable bonds is 10. The lowest BCUT2D eigenvalue weighted by atomic mass is 10.1. The molecule has 3 amide bonds. The molecule has 0 saturated carbocycles. The zero-order valence-corrected chi connectivity index (χ0v) is 17.1. The zero-order chi connectivity index (χ0) is 24.6. The minimum absolute atomic E-state index is 0.0446. The highest BCUT2D eigenvalue weighted by Crippen LogP contribution is 2.34. The summed E-state index contributed by atoms with van der Waals surface area (Å²) in [5.74, 6) is -1.56. The van der Waals surface area contributed by atoms with E-state index >= 15 is 0 Å². The van der Waals surface area contributed by atoms with Crippen LogP contribution in [0, 0.1) is 10.1 Å². The molecule has 2 rings (SSSR count). The van der Waals surface area contributed by atoms with Gasteiger partial charge in [0.25, 0.3) is 11.6 Å². The molecule has 13 heteroatoms. The number of hydrogen-bond donors (Lipinski definition) is 4. The Balaban J connectivity index is 1.84. The van der Waals surface area contributed by atoms with Crippen molar-refractivity contribution in [2.75, 3.05) is 18.4 Å². The van der Waals surface area contributed by atoms with E-state index in [0.717, 1.165) is 6.07 Å². The summed E-state index contributed by atoms with van der Waals surface area (Å²) in [7, 11) is 0. The molecule has 0 atom stereocenters. The number of amides is 3. The summed E-state index contributed by atoms with van der Waals surface area (Å²) < 4.78 is 38.2. The summed E-state index contributed by atoms with van der Waals surface area (Å²) in [6.07, 6.45) is -4.81. The van der Waals surface area contributed by atoms with Crippen molar-refractivity contribution in [3.8, 4) is 0 Å². The van der Waals surface area contributed by atoms with Gasteiger partial charge in [-0.05, 0) is 29.8 Å². The highest BCUT2D eigenvalue weighted by molar-refractivity contribution is 5.96. The third kappa shape index (κ3) is 7.79. The van der Waals surface area contributed by atoms with Gasteiger partial charge in [-0.25, -0.2) is 0 Å². The number of nitrogens with one attached hydrogen (secondary N) is 3. The van der Waals surface area contributed by atoms with Crippen molar-refractivity contribution >= 4 is 29.1 Å². The van der Waals surface area contributed by atoms with E-state index in [-0.39, 0.29) is 31.7 Å². The topological polar surface area (TPSA) is 156 Å². The third-order valence-corrected chi connectivity index (χ3v) is 4.32. The average Bonchev–Trinajstić information content (AvgIpc) is 2.75. The summed E-state index contributed by atoms with van der Waals surface area (Å²) in [6, 6.07) is 8.30. The minimum atomic E-state index is -4.71. The Bertz CT molecular complexity index is 1040. The summed E-state index contributed by atoms with van der Waals surface area (Å²) >= 11 is 0. The standard InChI is InChI=1S/C20H20F3N5O5/c21-20(22,23)14-5-6-15(16(9-14)28(32)33)25-8-7-18(30)26-10-12-1-3-13(4-2-12)19(31)27-11-17(24)29/h1-6,9,25H,7-8,10-11H2,(H2,24,29)(H,26,30)(H,27,31). The van der Waals surface area contributed by atoms with E-state index in [1.807, 2.05) is 0 Å². The van der Waals surface area contributed by atoms with Gasteiger partial charge in [0.05, 0.1) is 17.0 Å². The lowest BCUT2D eigenvalue weighted by molar-refractivity contribution is -0.384. The van der Waals surface area contributed by atoms with Crippen molar-refractivity contribution in [2.24, 2.45) is 5.73 Å². The number of primary amides is 1. The fourth-order valence-corrected chi connectivity index (χ4v) is 2.65. The Labute approximate surface area is 185 Å². The van der Waals surface area contributed by atoms with Crippen LogP contribution >= 0.6 is 0 Å². The number of nitrogens with two attached hydrogens (primary N) is 1. The monoisotopic (exact) mass is 467 g/mol. The van der Waals surface area contributed by atoms with Gasteiger partial charge in [-0.1, -0.05) is 12.1 Å². The van der Waals surface area contributed by atoms with Gasteiger partial charge in [-0.15, -0.1) is 0 Å². The molecule has 0 aliphatic heterocycles. The zero-order valence-electron chi connectivity index (χ0n) is 17.1. The Morgan fingerprint density at radius 1 is 1.03 bits per heavy atom. The van der Waals surface area contributed by atoms with Crippen LogP contribution in [0.2, 0.25) is 0 Å². The predicted octanol–water partition coefficient (Wildman–Crippen LogP) is 1.95.